The number of piperidine rings is 1. The van der Waals surface area contributed by atoms with Crippen LogP contribution in [-0.4, -0.2) is 79.2 Å². The predicted octanol–water partition coefficient (Wildman–Crippen LogP) is 4.76. The van der Waals surface area contributed by atoms with E-state index in [1.165, 1.54) is 26.8 Å². The van der Waals surface area contributed by atoms with Gasteiger partial charge in [-0.15, -0.1) is 0 Å². The lowest BCUT2D eigenvalue weighted by Gasteiger charge is -2.36. The monoisotopic (exact) mass is 694 g/mol. The number of benzene rings is 2. The van der Waals surface area contributed by atoms with Gasteiger partial charge in [0.1, 0.15) is 11.4 Å². The zero-order chi connectivity index (χ0) is 34.1. The zero-order valence-electron chi connectivity index (χ0n) is 27.3. The molecule has 1 amide bonds. The molecule has 0 saturated carbocycles. The van der Waals surface area contributed by atoms with Crippen LogP contribution in [0.5, 0.6) is 5.75 Å². The summed E-state index contributed by atoms with van der Waals surface area (Å²) in [7, 11) is -9.49. The number of carbonyl (C=O) groups excluding carboxylic acids is 1. The van der Waals surface area contributed by atoms with Gasteiger partial charge in [-0.05, 0) is 79.4 Å². The molecule has 46 heavy (non-hydrogen) atoms. The molecule has 0 aliphatic carbocycles. The van der Waals surface area contributed by atoms with E-state index in [1.807, 2.05) is 0 Å². The molecule has 15 heteroatoms. The Kier molecular flexibility index (Phi) is 10.2. The molecule has 2 aliphatic rings. The number of hydrogen-bond donors (Lipinski definition) is 1. The van der Waals surface area contributed by atoms with Gasteiger partial charge in [0.25, 0.3) is 5.91 Å². The summed E-state index contributed by atoms with van der Waals surface area (Å²) in [5, 5.41) is 3.86. The Morgan fingerprint density at radius 2 is 1.78 bits per heavy atom. The maximum Gasteiger partial charge on any atom is 0.253 e. The number of amidine groups is 1. The second-order valence-electron chi connectivity index (χ2n) is 13.3. The van der Waals surface area contributed by atoms with Crippen molar-refractivity contribution in [2.45, 2.75) is 64.2 Å². The van der Waals surface area contributed by atoms with Crippen LogP contribution in [0.1, 0.15) is 50.3 Å². The van der Waals surface area contributed by atoms with Gasteiger partial charge >= 0.3 is 0 Å². The molecule has 0 unspecified atom stereocenters. The van der Waals surface area contributed by atoms with Crippen molar-refractivity contribution < 1.29 is 35.5 Å². The smallest absolute Gasteiger partial charge is 0.253 e. The van der Waals surface area contributed by atoms with Crippen LogP contribution in [0.25, 0.3) is 6.08 Å². The zero-order valence-corrected chi connectivity index (χ0v) is 30.0. The Morgan fingerprint density at radius 3 is 2.37 bits per heavy atom. The molecule has 0 atom stereocenters. The summed E-state index contributed by atoms with van der Waals surface area (Å²) in [4.78, 5) is 21.3. The summed E-state index contributed by atoms with van der Waals surface area (Å²) >= 11 is 0. The van der Waals surface area contributed by atoms with Crippen LogP contribution in [-0.2, 0) is 29.3 Å². The van der Waals surface area contributed by atoms with E-state index >= 15 is 0 Å². The van der Waals surface area contributed by atoms with Crippen molar-refractivity contribution in [2.24, 2.45) is 4.99 Å². The third-order valence-electron chi connectivity index (χ3n) is 9.01. The summed E-state index contributed by atoms with van der Waals surface area (Å²) in [6.45, 7) is 13.0. The molecule has 1 N–H and O–H groups in total. The van der Waals surface area contributed by atoms with Crippen LogP contribution in [0.15, 0.2) is 52.9 Å². The first-order valence-corrected chi connectivity index (χ1v) is 21.2. The molecule has 2 aromatic carbocycles. The maximum atomic E-state index is 13.2. The Morgan fingerprint density at radius 1 is 1.11 bits per heavy atom. The minimum absolute atomic E-state index is 0.00694. The highest BCUT2D eigenvalue weighted by atomic mass is 32.2. The molecule has 1 fully saturated rings. The highest BCUT2D eigenvalue weighted by Gasteiger charge is 2.47. The molecule has 0 radical (unpaired) electrons. The van der Waals surface area contributed by atoms with Gasteiger partial charge in [-0.1, -0.05) is 39.0 Å². The topological polar surface area (TPSA) is 135 Å². The highest BCUT2D eigenvalue weighted by molar-refractivity contribution is 7.92. The van der Waals surface area contributed by atoms with Gasteiger partial charge in [-0.25, -0.2) is 16.8 Å². The quantitative estimate of drug-likeness (QED) is 0.336. The summed E-state index contributed by atoms with van der Waals surface area (Å²) < 4.78 is 73.3. The largest absolute Gasteiger partial charge is 0.415 e. The first kappa shape index (κ1) is 35.7. The maximum absolute atomic E-state index is 13.2. The van der Waals surface area contributed by atoms with Crippen molar-refractivity contribution in [3.05, 3.63) is 64.6 Å². The van der Waals surface area contributed by atoms with E-state index in [4.69, 9.17) is 4.43 Å². The molecule has 252 valence electrons. The summed E-state index contributed by atoms with van der Waals surface area (Å²) in [5.41, 5.74) is 1.17. The second kappa shape index (κ2) is 13.2. The summed E-state index contributed by atoms with van der Waals surface area (Å²) in [6, 6.07) is 11.2. The van der Waals surface area contributed by atoms with Crippen LogP contribution in [0, 0.1) is 6.92 Å². The lowest BCUT2D eigenvalue weighted by molar-refractivity contribution is -0.124. The van der Waals surface area contributed by atoms with Crippen LogP contribution in [0.2, 0.25) is 18.1 Å². The van der Waals surface area contributed by atoms with Crippen LogP contribution >= 0.6 is 0 Å². The molecule has 0 aromatic heterocycles. The Balaban J connectivity index is 1.43. The van der Waals surface area contributed by atoms with Crippen molar-refractivity contribution in [2.75, 3.05) is 36.8 Å². The normalized spacial score (nSPS) is 17.7. The Hall–Kier alpha value is -3.11. The van der Waals surface area contributed by atoms with Gasteiger partial charge in [-0.3, -0.25) is 19.0 Å². The number of sulfonamides is 2. The van der Waals surface area contributed by atoms with Gasteiger partial charge < -0.3 is 9.74 Å². The van der Waals surface area contributed by atoms with E-state index in [9.17, 15) is 26.2 Å². The second-order valence-corrected chi connectivity index (χ2v) is 21.8. The summed E-state index contributed by atoms with van der Waals surface area (Å²) in [6.07, 6.45) is 3.01. The third kappa shape index (κ3) is 7.87. The molecule has 2 heterocycles. The van der Waals surface area contributed by atoms with Crippen molar-refractivity contribution in [1.29, 1.82) is 0 Å². The minimum atomic E-state index is -3.83. The van der Waals surface area contributed by atoms with Gasteiger partial charge in [0, 0.05) is 28.6 Å². The molecular weight excluding hydrogens is 652 g/mol. The minimum Gasteiger partial charge on any atom is -0.415 e. The average molecular weight is 695 g/mol. The van der Waals surface area contributed by atoms with Crippen molar-refractivity contribution in [3.63, 3.8) is 0 Å². The number of hydrogen-bond acceptors (Lipinski definition) is 8. The number of rotatable bonds is 11. The van der Waals surface area contributed by atoms with Crippen molar-refractivity contribution >= 4 is 51.9 Å². The number of amides is 1. The van der Waals surface area contributed by atoms with E-state index in [2.05, 4.69) is 49.1 Å². The van der Waals surface area contributed by atoms with Gasteiger partial charge in [-0.2, -0.15) is 4.31 Å². The molecule has 11 nitrogen and oxygen atoms in total. The number of halogens is 1. The number of carbonyl (C=O) groups is 1. The Bertz CT molecular complexity index is 1750. The number of aliphatic imine (C=N–C) groups is 1. The molecule has 2 aliphatic heterocycles. The van der Waals surface area contributed by atoms with Crippen LogP contribution in [0.4, 0.5) is 10.2 Å². The first-order chi connectivity index (χ1) is 21.3. The van der Waals surface area contributed by atoms with E-state index in [0.717, 1.165) is 11.7 Å². The van der Waals surface area contributed by atoms with E-state index in [0.29, 0.717) is 22.4 Å². The SMILES string of the molecule is Cc1cc(N(CCO[Si](C)(C)C(C)(C)C)S(C)(=O)=O)ccc1/C=C/S(=O)(=O)N1CCC2(CC1)N=C(c1cccc(OF)c1)NC2=O. The number of nitrogens with one attached hydrogen (secondary N) is 1. The summed E-state index contributed by atoms with van der Waals surface area (Å²) in [5.74, 6) is -0.0592. The third-order valence-corrected chi connectivity index (χ3v) is 16.3. The lowest BCUT2D eigenvalue weighted by atomic mass is 9.89. The fourth-order valence-corrected chi connectivity index (χ4v) is 8.25. The number of aryl methyl sites for hydroxylation is 1. The molecular formula is C31H43FN4O7S2Si. The van der Waals surface area contributed by atoms with E-state index < -0.39 is 33.9 Å². The van der Waals surface area contributed by atoms with E-state index in [-0.39, 0.29) is 61.6 Å². The lowest BCUT2D eigenvalue weighted by Crippen LogP contribution is -2.50. The van der Waals surface area contributed by atoms with Crippen LogP contribution in [0.3, 0.4) is 0 Å². The molecule has 1 spiro atoms. The van der Waals surface area contributed by atoms with Gasteiger partial charge in [0.2, 0.25) is 20.0 Å². The van der Waals surface area contributed by atoms with Crippen LogP contribution < -0.4 is 14.6 Å². The van der Waals surface area contributed by atoms with Crippen molar-refractivity contribution in [3.8, 4) is 5.75 Å². The molecule has 0 bridgehead atoms. The van der Waals surface area contributed by atoms with Gasteiger partial charge in [0.05, 0.1) is 25.1 Å². The molecule has 2 aromatic rings. The highest BCUT2D eigenvalue weighted by Crippen LogP contribution is 2.37. The van der Waals surface area contributed by atoms with E-state index in [1.54, 1.807) is 37.3 Å². The molecule has 1 saturated heterocycles. The van der Waals surface area contributed by atoms with Crippen molar-refractivity contribution in [1.82, 2.24) is 9.62 Å². The van der Waals surface area contributed by atoms with Gasteiger partial charge in [0.15, 0.2) is 14.1 Å². The predicted molar refractivity (Wildman–Crippen MR) is 181 cm³/mol. The fourth-order valence-electron chi connectivity index (χ4n) is 5.13. The first-order valence-electron chi connectivity index (χ1n) is 15.0. The standard InChI is InChI=1S/C31H43FN4O7S2Si/c1-23-21-26(36(44(5,38)39)18-19-42-46(6,7)30(2,3)4)12-11-24(23)13-20-45(40,41)35-16-14-31(15-17-35)29(37)33-28(34-31)25-9-8-10-27(22-25)43-32/h8-13,20-22H,14-19H2,1-7H3,(H,33,34,37)/b20-13+. The molecule has 4 rings (SSSR count). The number of anilines is 1. The number of nitrogens with zero attached hydrogens (tertiary/aromatic N) is 3. The fraction of sp³-hybridized carbons (Fsp3) is 0.484. The Labute approximate surface area is 272 Å². The average Bonchev–Trinajstić information content (AvgIpc) is 3.28.